The summed E-state index contributed by atoms with van der Waals surface area (Å²) in [6.45, 7) is 7.57. The quantitative estimate of drug-likeness (QED) is 0.386. The van der Waals surface area contributed by atoms with Crippen molar-refractivity contribution in [2.45, 2.75) is 65.1 Å². The van der Waals surface area contributed by atoms with E-state index in [0.717, 1.165) is 24.1 Å². The van der Waals surface area contributed by atoms with Gasteiger partial charge in [0.15, 0.2) is 5.69 Å². The molecular weight excluding hydrogens is 456 g/mol. The van der Waals surface area contributed by atoms with Crippen molar-refractivity contribution in [1.82, 2.24) is 9.55 Å². The molecule has 3 heterocycles. The van der Waals surface area contributed by atoms with Gasteiger partial charge in [0.05, 0.1) is 24.7 Å². The summed E-state index contributed by atoms with van der Waals surface area (Å²) >= 11 is 0. The second-order valence-corrected chi connectivity index (χ2v) is 9.86. The van der Waals surface area contributed by atoms with Crippen LogP contribution in [0.25, 0.3) is 11.0 Å². The molecule has 4 rings (SSSR count). The van der Waals surface area contributed by atoms with Crippen molar-refractivity contribution in [1.29, 1.82) is 0 Å². The summed E-state index contributed by atoms with van der Waals surface area (Å²) in [5.41, 5.74) is 3.30. The van der Waals surface area contributed by atoms with E-state index >= 15 is 0 Å². The highest BCUT2D eigenvalue weighted by Gasteiger charge is 2.30. The van der Waals surface area contributed by atoms with Crippen LogP contribution >= 0.6 is 0 Å². The molecule has 2 N–H and O–H groups in total. The van der Waals surface area contributed by atoms with Crippen molar-refractivity contribution in [3.63, 3.8) is 0 Å². The first-order chi connectivity index (χ1) is 17.4. The third-order valence-corrected chi connectivity index (χ3v) is 6.45. The number of carbonyl (C=O) groups is 2. The number of anilines is 2. The van der Waals surface area contributed by atoms with Crippen LogP contribution in [0, 0.1) is 5.92 Å². The molecule has 1 aliphatic heterocycles. The Morgan fingerprint density at radius 2 is 2.00 bits per heavy atom. The molecule has 0 aliphatic carbocycles. The van der Waals surface area contributed by atoms with E-state index < -0.39 is 12.1 Å². The first-order valence-electron chi connectivity index (χ1n) is 12.7. The van der Waals surface area contributed by atoms with Crippen LogP contribution in [0.3, 0.4) is 0 Å². The highest BCUT2D eigenvalue weighted by Crippen LogP contribution is 2.34. The summed E-state index contributed by atoms with van der Waals surface area (Å²) in [7, 11) is 1.35. The van der Waals surface area contributed by atoms with Crippen LogP contribution in [0.4, 0.5) is 11.4 Å². The third-order valence-electron chi connectivity index (χ3n) is 6.45. The molecule has 1 aliphatic rings. The monoisotopic (exact) mass is 492 g/mol. The Morgan fingerprint density at radius 3 is 2.67 bits per heavy atom. The zero-order valence-corrected chi connectivity index (χ0v) is 21.5. The van der Waals surface area contributed by atoms with Crippen LogP contribution in [-0.4, -0.2) is 47.3 Å². The standard InChI is InChI=1S/C28H36N4O4/c1-18(2)15-19(3)30-21-16-22-24(31-27(33)23-11-8-14-36-23)25(28(34)35-4)32(26(22)29-17-21)13-12-20-9-6-5-7-10-20/h5-7,9-10,16-19,23,30H,8,11-15H2,1-4H3,(H,31,33)/t19-,23-/m1/s1. The number of aromatic nitrogens is 2. The van der Waals surface area contributed by atoms with Gasteiger partial charge in [-0.3, -0.25) is 4.79 Å². The van der Waals surface area contributed by atoms with Crippen molar-refractivity contribution in [3.05, 3.63) is 53.9 Å². The summed E-state index contributed by atoms with van der Waals surface area (Å²) in [6, 6.07) is 12.3. The molecule has 8 heteroatoms. The minimum Gasteiger partial charge on any atom is -0.464 e. The van der Waals surface area contributed by atoms with Gasteiger partial charge < -0.3 is 24.7 Å². The normalized spacial score (nSPS) is 16.3. The van der Waals surface area contributed by atoms with Gasteiger partial charge >= 0.3 is 5.97 Å². The molecule has 1 saturated heterocycles. The summed E-state index contributed by atoms with van der Waals surface area (Å²) < 4.78 is 12.6. The fourth-order valence-electron chi connectivity index (χ4n) is 4.88. The van der Waals surface area contributed by atoms with E-state index in [0.29, 0.717) is 48.6 Å². The first kappa shape index (κ1) is 25.7. The van der Waals surface area contributed by atoms with Crippen LogP contribution in [0.1, 0.15) is 56.1 Å². The number of carbonyl (C=O) groups excluding carboxylic acids is 2. The van der Waals surface area contributed by atoms with E-state index in [1.165, 1.54) is 7.11 Å². The highest BCUT2D eigenvalue weighted by molar-refractivity contribution is 6.12. The van der Waals surface area contributed by atoms with E-state index in [4.69, 9.17) is 14.5 Å². The second kappa shape index (κ2) is 11.6. The number of methoxy groups -OCH3 is 1. The molecule has 0 bridgehead atoms. The number of nitrogens with one attached hydrogen (secondary N) is 2. The molecule has 2 aromatic heterocycles. The number of amides is 1. The number of hydrogen-bond donors (Lipinski definition) is 2. The van der Waals surface area contributed by atoms with Crippen molar-refractivity contribution in [3.8, 4) is 0 Å². The number of rotatable bonds is 10. The lowest BCUT2D eigenvalue weighted by atomic mass is 10.1. The molecular formula is C28H36N4O4. The van der Waals surface area contributed by atoms with Crippen LogP contribution in [0.15, 0.2) is 42.6 Å². The lowest BCUT2D eigenvalue weighted by Gasteiger charge is -2.17. The van der Waals surface area contributed by atoms with Gasteiger partial charge in [-0.15, -0.1) is 0 Å². The summed E-state index contributed by atoms with van der Waals surface area (Å²) in [4.78, 5) is 30.9. The number of pyridine rings is 1. The van der Waals surface area contributed by atoms with Crippen LogP contribution in [0.2, 0.25) is 0 Å². The Hall–Kier alpha value is -3.39. The Balaban J connectivity index is 1.77. The molecule has 0 unspecified atom stereocenters. The van der Waals surface area contributed by atoms with Gasteiger partial charge in [0.2, 0.25) is 0 Å². The van der Waals surface area contributed by atoms with Gasteiger partial charge in [0.25, 0.3) is 5.91 Å². The molecule has 1 aromatic carbocycles. The van der Waals surface area contributed by atoms with Gasteiger partial charge in [-0.25, -0.2) is 9.78 Å². The number of aryl methyl sites for hydroxylation is 2. The number of ether oxygens (including phenoxy) is 2. The van der Waals surface area contributed by atoms with Gasteiger partial charge in [0, 0.05) is 24.6 Å². The SMILES string of the molecule is COC(=O)c1c(NC(=O)[C@H]2CCCO2)c2cc(N[C@H](C)CC(C)C)cnc2n1CCc1ccccc1. The lowest BCUT2D eigenvalue weighted by molar-refractivity contribution is -0.124. The molecule has 36 heavy (non-hydrogen) atoms. The molecule has 0 saturated carbocycles. The largest absolute Gasteiger partial charge is 0.464 e. The van der Waals surface area contributed by atoms with Crippen molar-refractivity contribution < 1.29 is 19.1 Å². The Bertz CT molecular complexity index is 1200. The van der Waals surface area contributed by atoms with Gasteiger partial charge in [-0.2, -0.15) is 0 Å². The maximum atomic E-state index is 13.1. The maximum absolute atomic E-state index is 13.1. The number of esters is 1. The Morgan fingerprint density at radius 1 is 1.22 bits per heavy atom. The third kappa shape index (κ3) is 5.87. The zero-order valence-electron chi connectivity index (χ0n) is 21.5. The summed E-state index contributed by atoms with van der Waals surface area (Å²) in [5, 5.41) is 7.19. The molecule has 8 nitrogen and oxygen atoms in total. The minimum absolute atomic E-state index is 0.245. The van der Waals surface area contributed by atoms with Gasteiger partial charge in [-0.1, -0.05) is 44.2 Å². The number of hydrogen-bond acceptors (Lipinski definition) is 6. The Labute approximate surface area is 212 Å². The van der Waals surface area contributed by atoms with Crippen LogP contribution < -0.4 is 10.6 Å². The predicted molar refractivity (Wildman–Crippen MR) is 141 cm³/mol. The average molecular weight is 493 g/mol. The fourth-order valence-corrected chi connectivity index (χ4v) is 4.88. The van der Waals surface area contributed by atoms with Gasteiger partial charge in [0.1, 0.15) is 11.8 Å². The molecule has 3 aromatic rings. The zero-order chi connectivity index (χ0) is 25.7. The van der Waals surface area contributed by atoms with E-state index in [9.17, 15) is 9.59 Å². The lowest BCUT2D eigenvalue weighted by Crippen LogP contribution is -2.28. The Kier molecular flexibility index (Phi) is 8.25. The molecule has 0 spiro atoms. The number of nitrogens with zero attached hydrogens (tertiary/aromatic N) is 2. The summed E-state index contributed by atoms with van der Waals surface area (Å²) in [6.07, 6.45) is 4.45. The van der Waals surface area contributed by atoms with E-state index in [1.54, 1.807) is 6.20 Å². The molecule has 192 valence electrons. The van der Waals surface area contributed by atoms with Crippen LogP contribution in [-0.2, 0) is 27.2 Å². The van der Waals surface area contributed by atoms with Crippen molar-refractivity contribution >= 4 is 34.3 Å². The molecule has 0 radical (unpaired) electrons. The van der Waals surface area contributed by atoms with E-state index in [2.05, 4.69) is 43.5 Å². The fraction of sp³-hybridized carbons (Fsp3) is 0.464. The van der Waals surface area contributed by atoms with Crippen LogP contribution in [0.5, 0.6) is 0 Å². The average Bonchev–Trinajstić information content (AvgIpc) is 3.49. The molecule has 1 fully saturated rings. The topological polar surface area (TPSA) is 94.5 Å². The number of fused-ring (bicyclic) bond motifs is 1. The molecule has 1 amide bonds. The highest BCUT2D eigenvalue weighted by atomic mass is 16.5. The maximum Gasteiger partial charge on any atom is 0.356 e. The van der Waals surface area contributed by atoms with Crippen molar-refractivity contribution in [2.24, 2.45) is 5.92 Å². The van der Waals surface area contributed by atoms with Gasteiger partial charge in [-0.05, 0) is 50.2 Å². The van der Waals surface area contributed by atoms with E-state index in [-0.39, 0.29) is 17.6 Å². The minimum atomic E-state index is -0.529. The molecule has 2 atom stereocenters. The second-order valence-electron chi connectivity index (χ2n) is 9.86. The predicted octanol–water partition coefficient (Wildman–Crippen LogP) is 5.03. The van der Waals surface area contributed by atoms with E-state index in [1.807, 2.05) is 28.8 Å². The smallest absolute Gasteiger partial charge is 0.356 e. The number of benzene rings is 1. The summed E-state index contributed by atoms with van der Waals surface area (Å²) in [5.74, 6) is -0.229. The first-order valence-corrected chi connectivity index (χ1v) is 12.7. The van der Waals surface area contributed by atoms with Crippen molar-refractivity contribution in [2.75, 3.05) is 24.4 Å².